The molecule has 1 amide bonds. The van der Waals surface area contributed by atoms with Crippen molar-refractivity contribution in [1.82, 2.24) is 14.9 Å². The van der Waals surface area contributed by atoms with Gasteiger partial charge < -0.3 is 26.3 Å². The Bertz CT molecular complexity index is 1200. The Morgan fingerprint density at radius 3 is 2.52 bits per heavy atom. The molecule has 2 aromatic carbocycles. The lowest BCUT2D eigenvalue weighted by molar-refractivity contribution is 0.100. The summed E-state index contributed by atoms with van der Waals surface area (Å²) in [6.07, 6.45) is 1.66. The van der Waals surface area contributed by atoms with Crippen LogP contribution in [-0.2, 0) is 7.05 Å². The summed E-state index contributed by atoms with van der Waals surface area (Å²) in [5, 5.41) is 9.90. The Labute approximate surface area is 199 Å². The Hall–Kier alpha value is -2.72. The van der Waals surface area contributed by atoms with Crippen LogP contribution in [0.4, 0.5) is 17.3 Å². The number of para-hydroxylation sites is 1. The molecule has 5 N–H and O–H groups in total. The minimum atomic E-state index is -0.647. The van der Waals surface area contributed by atoms with E-state index in [1.165, 1.54) is 0 Å². The number of carbonyl (C=O) groups excluding carboxylic acids is 1. The molecule has 0 fully saturated rings. The highest BCUT2D eigenvalue weighted by Gasteiger charge is 2.21. The zero-order chi connectivity index (χ0) is 22.7. The summed E-state index contributed by atoms with van der Waals surface area (Å²) in [6.45, 7) is 4.08. The summed E-state index contributed by atoms with van der Waals surface area (Å²) in [6, 6.07) is 8.57. The number of anilines is 3. The number of halogens is 2. The normalized spacial score (nSPS) is 10.5. The summed E-state index contributed by atoms with van der Waals surface area (Å²) in [4.78, 5) is 17.5. The van der Waals surface area contributed by atoms with Gasteiger partial charge in [0.2, 0.25) is 5.95 Å². The van der Waals surface area contributed by atoms with Gasteiger partial charge in [0.15, 0.2) is 0 Å². The van der Waals surface area contributed by atoms with Crippen molar-refractivity contribution < 1.29 is 4.79 Å². The van der Waals surface area contributed by atoms with Crippen molar-refractivity contribution >= 4 is 91.9 Å². The number of amides is 1. The predicted octanol–water partition coefficient (Wildman–Crippen LogP) is 4.56. The topological polar surface area (TPSA) is 97.0 Å². The lowest BCUT2D eigenvalue weighted by Gasteiger charge is -2.14. The average Bonchev–Trinajstić information content (AvgIpc) is 3.04. The van der Waals surface area contributed by atoms with Crippen molar-refractivity contribution in [2.45, 2.75) is 0 Å². The smallest absolute Gasteiger partial charge is 0.253 e. The fraction of sp³-hybridized carbons (Fsp3) is 0.100. The van der Waals surface area contributed by atoms with Gasteiger partial charge in [-0.25, -0.2) is 4.98 Å². The van der Waals surface area contributed by atoms with E-state index in [9.17, 15) is 4.79 Å². The fourth-order valence-electron chi connectivity index (χ4n) is 2.92. The summed E-state index contributed by atoms with van der Waals surface area (Å²) in [7, 11) is 1.74. The van der Waals surface area contributed by atoms with Gasteiger partial charge in [-0.05, 0) is 24.3 Å². The Balaban J connectivity index is 2.04. The van der Waals surface area contributed by atoms with Crippen LogP contribution in [0.25, 0.3) is 11.0 Å². The van der Waals surface area contributed by atoms with Gasteiger partial charge in [-0.1, -0.05) is 59.8 Å². The molecule has 0 saturated heterocycles. The highest BCUT2D eigenvalue weighted by Crippen LogP contribution is 2.34. The number of benzene rings is 2. The van der Waals surface area contributed by atoms with Gasteiger partial charge in [-0.3, -0.25) is 4.79 Å². The molecule has 0 spiro atoms. The molecule has 7 nitrogen and oxygen atoms in total. The second-order valence-electron chi connectivity index (χ2n) is 6.39. The number of hydrogen-bond donors (Lipinski definition) is 4. The Morgan fingerprint density at radius 2 is 1.90 bits per heavy atom. The first-order chi connectivity index (χ1) is 14.7. The van der Waals surface area contributed by atoms with Crippen LogP contribution in [0.5, 0.6) is 0 Å². The van der Waals surface area contributed by atoms with Crippen LogP contribution >= 0.6 is 47.6 Å². The molecule has 0 aliphatic carbocycles. The SMILES string of the molecule is C=CCNC(=S)C(=S)Nc1ccc2nc(Nc3c(Cl)cccc3Cl)n(C)c2c1C(N)=O. The van der Waals surface area contributed by atoms with E-state index >= 15 is 0 Å². The monoisotopic (exact) mass is 492 g/mol. The molecule has 3 rings (SSSR count). The average molecular weight is 493 g/mol. The van der Waals surface area contributed by atoms with Crippen molar-refractivity contribution in [3.63, 3.8) is 0 Å². The number of rotatable bonds is 6. The van der Waals surface area contributed by atoms with Gasteiger partial charge in [-0.15, -0.1) is 6.58 Å². The number of aromatic nitrogens is 2. The van der Waals surface area contributed by atoms with E-state index in [-0.39, 0.29) is 10.6 Å². The van der Waals surface area contributed by atoms with Gasteiger partial charge >= 0.3 is 0 Å². The number of primary amides is 1. The van der Waals surface area contributed by atoms with Gasteiger partial charge in [0, 0.05) is 13.6 Å². The van der Waals surface area contributed by atoms with Crippen LogP contribution < -0.4 is 21.7 Å². The zero-order valence-corrected chi connectivity index (χ0v) is 19.5. The first-order valence-electron chi connectivity index (χ1n) is 8.95. The lowest BCUT2D eigenvalue weighted by atomic mass is 10.1. The van der Waals surface area contributed by atoms with Crippen LogP contribution in [0, 0.1) is 0 Å². The van der Waals surface area contributed by atoms with E-state index in [2.05, 4.69) is 27.5 Å². The largest absolute Gasteiger partial charge is 0.370 e. The molecule has 1 heterocycles. The molecule has 160 valence electrons. The molecule has 0 radical (unpaired) electrons. The third kappa shape index (κ3) is 4.80. The van der Waals surface area contributed by atoms with Crippen molar-refractivity contribution in [2.24, 2.45) is 12.8 Å². The molecule has 0 unspecified atom stereocenters. The van der Waals surface area contributed by atoms with Crippen molar-refractivity contribution in [3.05, 3.63) is 58.6 Å². The molecule has 0 saturated carbocycles. The Morgan fingerprint density at radius 1 is 1.23 bits per heavy atom. The maximum absolute atomic E-state index is 12.4. The van der Waals surface area contributed by atoms with Crippen LogP contribution in [0.15, 0.2) is 43.0 Å². The van der Waals surface area contributed by atoms with Crippen LogP contribution in [0.3, 0.4) is 0 Å². The number of fused-ring (bicyclic) bond motifs is 1. The van der Waals surface area contributed by atoms with E-state index in [1.807, 2.05) is 0 Å². The van der Waals surface area contributed by atoms with Crippen LogP contribution in [0.1, 0.15) is 10.4 Å². The fourth-order valence-corrected chi connectivity index (χ4v) is 3.73. The van der Waals surface area contributed by atoms with Crippen molar-refractivity contribution in [3.8, 4) is 0 Å². The number of hydrogen-bond acceptors (Lipinski definition) is 5. The molecule has 31 heavy (non-hydrogen) atoms. The molecule has 0 aliphatic heterocycles. The van der Waals surface area contributed by atoms with Crippen LogP contribution in [0.2, 0.25) is 10.0 Å². The maximum atomic E-state index is 12.4. The molecule has 3 aromatic rings. The number of nitrogens with two attached hydrogens (primary N) is 1. The second kappa shape index (κ2) is 9.61. The molecule has 0 atom stereocenters. The summed E-state index contributed by atoms with van der Waals surface area (Å²) in [5.74, 6) is -0.221. The second-order valence-corrected chi connectivity index (χ2v) is 8.02. The minimum Gasteiger partial charge on any atom is -0.370 e. The highest BCUT2D eigenvalue weighted by atomic mass is 35.5. The van der Waals surface area contributed by atoms with E-state index in [0.717, 1.165) is 0 Å². The predicted molar refractivity (Wildman–Crippen MR) is 136 cm³/mol. The van der Waals surface area contributed by atoms with E-state index in [0.29, 0.717) is 49.9 Å². The number of nitrogens with one attached hydrogen (secondary N) is 3. The molecular formula is C20H18Cl2N6OS2. The zero-order valence-electron chi connectivity index (χ0n) is 16.3. The lowest BCUT2D eigenvalue weighted by Crippen LogP contribution is -2.33. The highest BCUT2D eigenvalue weighted by molar-refractivity contribution is 7.89. The first kappa shape index (κ1) is 23.0. The van der Waals surface area contributed by atoms with Gasteiger partial charge in [0.05, 0.1) is 38.0 Å². The number of nitrogens with zero attached hydrogens (tertiary/aromatic N) is 2. The number of aryl methyl sites for hydroxylation is 1. The van der Waals surface area contributed by atoms with Crippen LogP contribution in [-0.4, -0.2) is 32.0 Å². The van der Waals surface area contributed by atoms with Gasteiger partial charge in [0.25, 0.3) is 5.91 Å². The Kier molecular flexibility index (Phi) is 7.11. The minimum absolute atomic E-state index is 0.222. The van der Waals surface area contributed by atoms with Crippen molar-refractivity contribution in [1.29, 1.82) is 0 Å². The summed E-state index contributed by atoms with van der Waals surface area (Å²) in [5.41, 5.74) is 7.90. The van der Waals surface area contributed by atoms with Gasteiger partial charge in [0.1, 0.15) is 9.98 Å². The number of carbonyl (C=O) groups is 1. The molecule has 1 aromatic heterocycles. The third-order valence-corrected chi connectivity index (χ3v) is 5.76. The van der Waals surface area contributed by atoms with Crippen molar-refractivity contribution in [2.75, 3.05) is 17.2 Å². The number of thiocarbonyl (C=S) groups is 2. The standard InChI is InChI=1S/C20H18Cl2N6OS2/c1-3-9-24-18(30)19(31)25-12-7-8-13-16(14(12)17(23)29)28(2)20(26-13)27-15-10(21)5-4-6-11(15)22/h3-8H,1,9H2,2H3,(H2,23,29)(H,24,30)(H,25,31)(H,26,27). The van der Waals surface area contributed by atoms with E-state index in [4.69, 9.17) is 53.4 Å². The number of imidazole rings is 1. The third-order valence-electron chi connectivity index (χ3n) is 4.34. The van der Waals surface area contributed by atoms with Gasteiger partial charge in [-0.2, -0.15) is 0 Å². The van der Waals surface area contributed by atoms with E-state index in [1.54, 1.807) is 48.0 Å². The first-order valence-corrected chi connectivity index (χ1v) is 10.5. The summed E-state index contributed by atoms with van der Waals surface area (Å²) < 4.78 is 1.69. The summed E-state index contributed by atoms with van der Waals surface area (Å²) >= 11 is 23.1. The molecule has 11 heteroatoms. The quantitative estimate of drug-likeness (QED) is 0.295. The van der Waals surface area contributed by atoms with E-state index < -0.39 is 5.91 Å². The maximum Gasteiger partial charge on any atom is 0.253 e. The molecule has 0 bridgehead atoms. The molecule has 0 aliphatic rings. The molecular weight excluding hydrogens is 475 g/mol.